The number of methoxy groups -OCH3 is 1. The van der Waals surface area contributed by atoms with Crippen molar-refractivity contribution < 1.29 is 14.3 Å². The van der Waals surface area contributed by atoms with Crippen LogP contribution >= 0.6 is 0 Å². The van der Waals surface area contributed by atoms with E-state index in [0.717, 1.165) is 22.3 Å². The molecule has 0 fully saturated rings. The molecule has 0 amide bonds. The van der Waals surface area contributed by atoms with Gasteiger partial charge in [0.05, 0.1) is 23.8 Å². The number of rotatable bonds is 4. The molecule has 1 heterocycles. The Hall–Kier alpha value is -3.35. The van der Waals surface area contributed by atoms with Crippen molar-refractivity contribution in [3.8, 4) is 11.5 Å². The van der Waals surface area contributed by atoms with Gasteiger partial charge in [0.15, 0.2) is 11.5 Å². The highest BCUT2D eigenvalue weighted by atomic mass is 16.6. The van der Waals surface area contributed by atoms with Gasteiger partial charge in [-0.3, -0.25) is 18.9 Å². The first kappa shape index (κ1) is 17.5. The van der Waals surface area contributed by atoms with Gasteiger partial charge in [-0.2, -0.15) is 0 Å². The Bertz CT molecular complexity index is 1080. The molecule has 0 atom stereocenters. The monoisotopic (exact) mass is 353 g/mol. The van der Waals surface area contributed by atoms with Crippen LogP contribution in [0.15, 0.2) is 46.2 Å². The molecule has 0 radical (unpaired) electrons. The number of carbonyl (C=O) groups is 1. The smallest absolute Gasteiger partial charge is 0.328 e. The molecular formula is C19H19N3O4. The Morgan fingerprint density at radius 3 is 2.46 bits per heavy atom. The van der Waals surface area contributed by atoms with Crippen LogP contribution in [0.4, 0.5) is 5.69 Å². The normalized spacial score (nSPS) is 11.2. The Morgan fingerprint density at radius 1 is 1.04 bits per heavy atom. The fourth-order valence-corrected chi connectivity index (χ4v) is 2.73. The van der Waals surface area contributed by atoms with Crippen LogP contribution in [-0.2, 0) is 18.9 Å². The lowest BCUT2D eigenvalue weighted by Crippen LogP contribution is -2.19. The first-order valence-electron chi connectivity index (χ1n) is 7.96. The summed E-state index contributed by atoms with van der Waals surface area (Å²) < 4.78 is 13.5. The van der Waals surface area contributed by atoms with Gasteiger partial charge >= 0.3 is 11.7 Å². The summed E-state index contributed by atoms with van der Waals surface area (Å²) >= 11 is 0. The van der Waals surface area contributed by atoms with Gasteiger partial charge in [0.1, 0.15) is 0 Å². The van der Waals surface area contributed by atoms with Gasteiger partial charge < -0.3 is 9.47 Å². The van der Waals surface area contributed by atoms with Crippen molar-refractivity contribution in [3.05, 3.63) is 52.4 Å². The molecule has 1 aromatic heterocycles. The van der Waals surface area contributed by atoms with Crippen LogP contribution in [-0.4, -0.2) is 28.4 Å². The van der Waals surface area contributed by atoms with Crippen LogP contribution in [0.25, 0.3) is 11.0 Å². The maximum Gasteiger partial charge on any atom is 0.328 e. The van der Waals surface area contributed by atoms with Gasteiger partial charge in [0, 0.05) is 27.2 Å². The molecule has 2 aromatic carbocycles. The lowest BCUT2D eigenvalue weighted by atomic mass is 10.2. The highest BCUT2D eigenvalue weighted by Crippen LogP contribution is 2.28. The summed E-state index contributed by atoms with van der Waals surface area (Å²) in [6.45, 7) is 1.34. The van der Waals surface area contributed by atoms with Crippen molar-refractivity contribution in [2.24, 2.45) is 19.1 Å². The standard InChI is InChI=1S/C19H19N3O4/c1-12(23)26-17-8-5-13(9-18(17)25-4)11-20-14-6-7-15-16(10-14)22(3)19(24)21(15)2/h5-11H,1-4H3. The van der Waals surface area contributed by atoms with E-state index in [1.807, 2.05) is 18.2 Å². The summed E-state index contributed by atoms with van der Waals surface area (Å²) in [6, 6.07) is 10.7. The molecule has 0 aliphatic carbocycles. The number of hydrogen-bond donors (Lipinski definition) is 0. The predicted molar refractivity (Wildman–Crippen MR) is 99.7 cm³/mol. The summed E-state index contributed by atoms with van der Waals surface area (Å²) in [4.78, 5) is 27.6. The van der Waals surface area contributed by atoms with Crippen LogP contribution in [0.1, 0.15) is 12.5 Å². The number of imidazole rings is 1. The molecule has 0 aliphatic rings. The Morgan fingerprint density at radius 2 is 1.77 bits per heavy atom. The molecule has 0 spiro atoms. The van der Waals surface area contributed by atoms with E-state index in [4.69, 9.17) is 9.47 Å². The summed E-state index contributed by atoms with van der Waals surface area (Å²) in [5.74, 6) is 0.398. The van der Waals surface area contributed by atoms with Gasteiger partial charge in [-0.1, -0.05) is 0 Å². The fraction of sp³-hybridized carbons (Fsp3) is 0.211. The van der Waals surface area contributed by atoms with Crippen molar-refractivity contribution in [2.75, 3.05) is 7.11 Å². The number of esters is 1. The molecule has 0 saturated carbocycles. The van der Waals surface area contributed by atoms with E-state index >= 15 is 0 Å². The molecule has 7 nitrogen and oxygen atoms in total. The van der Waals surface area contributed by atoms with Crippen LogP contribution in [0, 0.1) is 0 Å². The van der Waals surface area contributed by atoms with Crippen LogP contribution in [0.3, 0.4) is 0 Å². The molecule has 134 valence electrons. The van der Waals surface area contributed by atoms with Gasteiger partial charge in [-0.25, -0.2) is 4.79 Å². The highest BCUT2D eigenvalue weighted by molar-refractivity contribution is 5.86. The fourth-order valence-electron chi connectivity index (χ4n) is 2.73. The number of aliphatic imine (C=N–C) groups is 1. The lowest BCUT2D eigenvalue weighted by Gasteiger charge is -2.08. The molecule has 0 aliphatic heterocycles. The third-order valence-corrected chi connectivity index (χ3v) is 4.06. The van der Waals surface area contributed by atoms with Crippen molar-refractivity contribution in [3.63, 3.8) is 0 Å². The van der Waals surface area contributed by atoms with E-state index < -0.39 is 5.97 Å². The molecule has 0 unspecified atom stereocenters. The van der Waals surface area contributed by atoms with Crippen molar-refractivity contribution >= 4 is 28.9 Å². The summed E-state index contributed by atoms with van der Waals surface area (Å²) in [5, 5.41) is 0. The minimum atomic E-state index is -0.411. The second-order valence-electron chi connectivity index (χ2n) is 5.84. The molecule has 0 saturated heterocycles. The minimum Gasteiger partial charge on any atom is -0.493 e. The van der Waals surface area contributed by atoms with Crippen molar-refractivity contribution in [1.29, 1.82) is 0 Å². The molecule has 0 N–H and O–H groups in total. The second kappa shape index (κ2) is 6.87. The summed E-state index contributed by atoms with van der Waals surface area (Å²) in [6.07, 6.45) is 1.68. The predicted octanol–water partition coefficient (Wildman–Crippen LogP) is 2.56. The van der Waals surface area contributed by atoms with Gasteiger partial charge in [0.25, 0.3) is 0 Å². The minimum absolute atomic E-state index is 0.0769. The van der Waals surface area contributed by atoms with Crippen molar-refractivity contribution in [2.45, 2.75) is 6.92 Å². The average Bonchev–Trinajstić information content (AvgIpc) is 2.84. The molecule has 7 heteroatoms. The number of fused-ring (bicyclic) bond motifs is 1. The Kier molecular flexibility index (Phi) is 4.62. The average molecular weight is 353 g/mol. The zero-order valence-electron chi connectivity index (χ0n) is 15.0. The van der Waals surface area contributed by atoms with E-state index in [2.05, 4.69) is 4.99 Å². The number of ether oxygens (including phenoxy) is 2. The van der Waals surface area contributed by atoms with Gasteiger partial charge in [-0.15, -0.1) is 0 Å². The molecular weight excluding hydrogens is 334 g/mol. The van der Waals surface area contributed by atoms with Crippen LogP contribution < -0.4 is 15.2 Å². The number of carbonyl (C=O) groups excluding carboxylic acids is 1. The summed E-state index contributed by atoms with van der Waals surface area (Å²) in [5.41, 5.74) is 3.10. The number of hydrogen-bond acceptors (Lipinski definition) is 5. The van der Waals surface area contributed by atoms with E-state index in [1.165, 1.54) is 14.0 Å². The lowest BCUT2D eigenvalue weighted by molar-refractivity contribution is -0.132. The highest BCUT2D eigenvalue weighted by Gasteiger charge is 2.09. The zero-order valence-corrected chi connectivity index (χ0v) is 15.0. The summed E-state index contributed by atoms with van der Waals surface area (Å²) in [7, 11) is 4.98. The quantitative estimate of drug-likeness (QED) is 0.410. The Balaban J connectivity index is 1.92. The first-order chi connectivity index (χ1) is 12.4. The van der Waals surface area contributed by atoms with Crippen LogP contribution in [0.2, 0.25) is 0 Å². The molecule has 0 bridgehead atoms. The van der Waals surface area contributed by atoms with Gasteiger partial charge in [0.2, 0.25) is 0 Å². The zero-order chi connectivity index (χ0) is 18.8. The van der Waals surface area contributed by atoms with Crippen LogP contribution in [0.5, 0.6) is 11.5 Å². The Labute approximate surface area is 150 Å². The van der Waals surface area contributed by atoms with E-state index in [-0.39, 0.29) is 5.69 Å². The largest absolute Gasteiger partial charge is 0.493 e. The molecule has 3 aromatic rings. The maximum absolute atomic E-state index is 12.0. The second-order valence-corrected chi connectivity index (χ2v) is 5.84. The number of nitrogens with zero attached hydrogens (tertiary/aromatic N) is 3. The van der Waals surface area contributed by atoms with Crippen molar-refractivity contribution in [1.82, 2.24) is 9.13 Å². The number of benzene rings is 2. The van der Waals surface area contributed by atoms with E-state index in [1.54, 1.807) is 47.6 Å². The number of aryl methyl sites for hydroxylation is 2. The molecule has 3 rings (SSSR count). The van der Waals surface area contributed by atoms with Gasteiger partial charge in [-0.05, 0) is 42.0 Å². The number of aromatic nitrogens is 2. The first-order valence-corrected chi connectivity index (χ1v) is 7.96. The van der Waals surface area contributed by atoms with E-state index in [9.17, 15) is 9.59 Å². The topological polar surface area (TPSA) is 74.8 Å². The maximum atomic E-state index is 12.0. The SMILES string of the molecule is COc1cc(C=Nc2ccc3c(c2)n(C)c(=O)n3C)ccc1OC(C)=O. The third kappa shape index (κ3) is 3.23. The molecule has 26 heavy (non-hydrogen) atoms. The van der Waals surface area contributed by atoms with E-state index in [0.29, 0.717) is 11.5 Å². The third-order valence-electron chi connectivity index (χ3n) is 4.06.